The van der Waals surface area contributed by atoms with Crippen molar-refractivity contribution in [2.75, 3.05) is 6.54 Å². The number of nitro groups is 1. The van der Waals surface area contributed by atoms with E-state index in [4.69, 9.17) is 5.11 Å². The number of carboxylic acids is 1. The van der Waals surface area contributed by atoms with E-state index in [1.165, 1.54) is 6.07 Å². The number of hydrogen-bond acceptors (Lipinski definition) is 4. The van der Waals surface area contributed by atoms with Gasteiger partial charge in [0.1, 0.15) is 0 Å². The monoisotopic (exact) mass is 284 g/mol. The third kappa shape index (κ3) is 4.58. The van der Waals surface area contributed by atoms with Crippen LogP contribution in [0, 0.1) is 15.9 Å². The van der Waals surface area contributed by atoms with Gasteiger partial charge >= 0.3 is 11.7 Å². The summed E-state index contributed by atoms with van der Waals surface area (Å²) in [5, 5.41) is 19.2. The number of nitro benzene ring substituents is 1. The largest absolute Gasteiger partial charge is 0.481 e. The molecule has 0 atom stereocenters. The van der Waals surface area contributed by atoms with E-state index < -0.39 is 22.4 Å². The van der Waals surface area contributed by atoms with Gasteiger partial charge in [0.05, 0.1) is 11.3 Å². The number of halogens is 1. The van der Waals surface area contributed by atoms with E-state index >= 15 is 0 Å². The van der Waals surface area contributed by atoms with Crippen molar-refractivity contribution in [3.63, 3.8) is 0 Å². The van der Waals surface area contributed by atoms with Crippen molar-refractivity contribution in [1.29, 1.82) is 0 Å². The van der Waals surface area contributed by atoms with Gasteiger partial charge in [0.15, 0.2) is 0 Å². The average molecular weight is 284 g/mol. The number of hydrogen-bond donors (Lipinski definition) is 1. The summed E-state index contributed by atoms with van der Waals surface area (Å²) in [5.41, 5.74) is 0.0163. The van der Waals surface area contributed by atoms with Crippen molar-refractivity contribution in [1.82, 2.24) is 4.90 Å². The zero-order valence-corrected chi connectivity index (χ0v) is 11.4. The first-order valence-corrected chi connectivity index (χ1v) is 6.20. The van der Waals surface area contributed by atoms with Crippen LogP contribution in [0.4, 0.5) is 10.1 Å². The molecule has 1 rings (SSSR count). The zero-order valence-electron chi connectivity index (χ0n) is 11.4. The van der Waals surface area contributed by atoms with E-state index in [1.54, 1.807) is 0 Å². The molecule has 1 N–H and O–H groups in total. The number of benzene rings is 1. The van der Waals surface area contributed by atoms with Crippen molar-refractivity contribution in [2.24, 2.45) is 0 Å². The zero-order chi connectivity index (χ0) is 15.3. The molecule has 0 saturated heterocycles. The van der Waals surface area contributed by atoms with Crippen LogP contribution in [0.2, 0.25) is 0 Å². The summed E-state index contributed by atoms with van der Waals surface area (Å²) in [4.78, 5) is 22.2. The molecule has 0 unspecified atom stereocenters. The summed E-state index contributed by atoms with van der Waals surface area (Å²) < 4.78 is 13.5. The van der Waals surface area contributed by atoms with Gasteiger partial charge in [-0.2, -0.15) is 4.39 Å². The summed E-state index contributed by atoms with van der Waals surface area (Å²) in [6.07, 6.45) is -0.00631. The molecule has 1 aromatic carbocycles. The maximum Gasteiger partial charge on any atom is 0.304 e. The number of carboxylic acid groups (broad SMARTS) is 1. The minimum atomic E-state index is -0.898. The number of carbonyl (C=O) groups is 1. The van der Waals surface area contributed by atoms with E-state index in [2.05, 4.69) is 0 Å². The summed E-state index contributed by atoms with van der Waals surface area (Å²) in [6, 6.07) is 3.82. The van der Waals surface area contributed by atoms with Gasteiger partial charge in [0.25, 0.3) is 0 Å². The molecule has 0 amide bonds. The minimum absolute atomic E-state index is 0.00631. The Hall–Kier alpha value is -2.02. The maximum atomic E-state index is 13.5. The number of rotatable bonds is 7. The van der Waals surface area contributed by atoms with Gasteiger partial charge in [-0.1, -0.05) is 6.07 Å². The summed E-state index contributed by atoms with van der Waals surface area (Å²) in [5.74, 6) is -1.78. The van der Waals surface area contributed by atoms with E-state index in [0.717, 1.165) is 12.1 Å². The minimum Gasteiger partial charge on any atom is -0.481 e. The molecule has 0 fully saturated rings. The number of nitrogens with zero attached hydrogens (tertiary/aromatic N) is 2. The second kappa shape index (κ2) is 6.95. The van der Waals surface area contributed by atoms with Gasteiger partial charge in [0.2, 0.25) is 5.82 Å². The second-order valence-corrected chi connectivity index (χ2v) is 4.75. The van der Waals surface area contributed by atoms with Gasteiger partial charge in [-0.25, -0.2) is 0 Å². The van der Waals surface area contributed by atoms with Crippen molar-refractivity contribution < 1.29 is 19.2 Å². The molecule has 0 aliphatic rings. The lowest BCUT2D eigenvalue weighted by Crippen LogP contribution is -2.32. The van der Waals surface area contributed by atoms with Crippen LogP contribution >= 0.6 is 0 Å². The molecule has 7 heteroatoms. The maximum absolute atomic E-state index is 13.5. The smallest absolute Gasteiger partial charge is 0.304 e. The molecule has 0 saturated carbocycles. The Morgan fingerprint density at radius 1 is 1.50 bits per heavy atom. The molecule has 0 aliphatic carbocycles. The van der Waals surface area contributed by atoms with Crippen molar-refractivity contribution in [2.45, 2.75) is 32.9 Å². The fourth-order valence-corrected chi connectivity index (χ4v) is 1.79. The molecule has 0 radical (unpaired) electrons. The van der Waals surface area contributed by atoms with Crippen LogP contribution in [0.15, 0.2) is 18.2 Å². The first kappa shape index (κ1) is 16.0. The Bertz CT molecular complexity index is 505. The lowest BCUT2D eigenvalue weighted by molar-refractivity contribution is -0.387. The fourth-order valence-electron chi connectivity index (χ4n) is 1.79. The summed E-state index contributed by atoms with van der Waals surface area (Å²) in [6.45, 7) is 4.50. The van der Waals surface area contributed by atoms with Gasteiger partial charge in [-0.3, -0.25) is 19.8 Å². The lowest BCUT2D eigenvalue weighted by atomic mass is 10.1. The van der Waals surface area contributed by atoms with E-state index in [0.29, 0.717) is 18.7 Å². The lowest BCUT2D eigenvalue weighted by Gasteiger charge is -2.25. The van der Waals surface area contributed by atoms with E-state index in [1.807, 2.05) is 18.7 Å². The quantitative estimate of drug-likeness (QED) is 0.614. The second-order valence-electron chi connectivity index (χ2n) is 4.75. The summed E-state index contributed by atoms with van der Waals surface area (Å²) >= 11 is 0. The van der Waals surface area contributed by atoms with Crippen molar-refractivity contribution in [3.8, 4) is 0 Å². The van der Waals surface area contributed by atoms with Crippen LogP contribution in [0.3, 0.4) is 0 Å². The highest BCUT2D eigenvalue weighted by Crippen LogP contribution is 2.19. The standard InChI is InChI=1S/C13H17FN2O4/c1-9(2)15(6-5-13(17)18)8-10-3-4-12(16(19)20)11(14)7-10/h3-4,7,9H,5-6,8H2,1-2H3,(H,17,18). The van der Waals surface area contributed by atoms with Crippen LogP contribution in [-0.4, -0.2) is 33.5 Å². The Labute approximate surface area is 116 Å². The average Bonchev–Trinajstić information content (AvgIpc) is 2.33. The molecule has 20 heavy (non-hydrogen) atoms. The van der Waals surface area contributed by atoms with Gasteiger partial charge in [0, 0.05) is 25.2 Å². The normalized spacial score (nSPS) is 11.1. The van der Waals surface area contributed by atoms with Gasteiger partial charge in [-0.05, 0) is 25.5 Å². The van der Waals surface area contributed by atoms with Crippen LogP contribution in [0.1, 0.15) is 25.8 Å². The molecule has 0 bridgehead atoms. The highest BCUT2D eigenvalue weighted by atomic mass is 19.1. The van der Waals surface area contributed by atoms with Crippen LogP contribution in [-0.2, 0) is 11.3 Å². The highest BCUT2D eigenvalue weighted by Gasteiger charge is 2.16. The van der Waals surface area contributed by atoms with Crippen molar-refractivity contribution >= 4 is 11.7 Å². The molecule has 6 nitrogen and oxygen atoms in total. The highest BCUT2D eigenvalue weighted by molar-refractivity contribution is 5.66. The van der Waals surface area contributed by atoms with E-state index in [9.17, 15) is 19.3 Å². The molecule has 0 aromatic heterocycles. The molecule has 0 aliphatic heterocycles. The molecule has 0 heterocycles. The van der Waals surface area contributed by atoms with E-state index in [-0.39, 0.29) is 12.5 Å². The fraction of sp³-hybridized carbons (Fsp3) is 0.462. The van der Waals surface area contributed by atoms with Crippen molar-refractivity contribution in [3.05, 3.63) is 39.7 Å². The number of aliphatic carboxylic acids is 1. The first-order valence-electron chi connectivity index (χ1n) is 6.20. The van der Waals surface area contributed by atoms with Crippen LogP contribution in [0.5, 0.6) is 0 Å². The predicted octanol–water partition coefficient (Wildman–Crippen LogP) is 2.42. The Morgan fingerprint density at radius 2 is 2.15 bits per heavy atom. The van der Waals surface area contributed by atoms with Gasteiger partial charge in [-0.15, -0.1) is 0 Å². The molecule has 1 aromatic rings. The molecule has 110 valence electrons. The topological polar surface area (TPSA) is 83.7 Å². The molecule has 0 spiro atoms. The predicted molar refractivity (Wildman–Crippen MR) is 70.9 cm³/mol. The van der Waals surface area contributed by atoms with Crippen LogP contribution in [0.25, 0.3) is 0 Å². The Morgan fingerprint density at radius 3 is 2.60 bits per heavy atom. The van der Waals surface area contributed by atoms with Crippen LogP contribution < -0.4 is 0 Å². The first-order chi connectivity index (χ1) is 9.31. The molecular weight excluding hydrogens is 267 g/mol. The summed E-state index contributed by atoms with van der Waals surface area (Å²) in [7, 11) is 0. The SMILES string of the molecule is CC(C)N(CCC(=O)O)Cc1ccc([N+](=O)[O-])c(F)c1. The van der Waals surface area contributed by atoms with Gasteiger partial charge < -0.3 is 5.11 Å². The third-order valence-electron chi connectivity index (χ3n) is 2.94. The molecular formula is C13H17FN2O4. The Kier molecular flexibility index (Phi) is 5.57. The Balaban J connectivity index is 2.81. The third-order valence-corrected chi connectivity index (χ3v) is 2.94.